The lowest BCUT2D eigenvalue weighted by molar-refractivity contribution is 0.377. The molecule has 0 bridgehead atoms. The van der Waals surface area contributed by atoms with Crippen molar-refractivity contribution in [2.75, 3.05) is 7.05 Å². The lowest BCUT2D eigenvalue weighted by Gasteiger charge is -2.04. The number of rotatable bonds is 5. The van der Waals surface area contributed by atoms with Crippen molar-refractivity contribution >= 4 is 0 Å². The van der Waals surface area contributed by atoms with Gasteiger partial charge in [-0.2, -0.15) is 4.98 Å². The third kappa shape index (κ3) is 3.40. The molecular weight excluding hydrogens is 226 g/mol. The number of benzene rings is 1. The normalized spacial score (nSPS) is 12.6. The molecule has 0 fully saturated rings. The average Bonchev–Trinajstić information content (AvgIpc) is 2.79. The van der Waals surface area contributed by atoms with E-state index in [9.17, 15) is 0 Å². The summed E-state index contributed by atoms with van der Waals surface area (Å²) >= 11 is 0. The van der Waals surface area contributed by atoms with E-state index in [1.807, 2.05) is 7.05 Å². The molecule has 0 saturated heterocycles. The molecule has 96 valence electrons. The molecule has 0 aliphatic rings. The molecule has 1 unspecified atom stereocenters. The SMILES string of the molecule is CNC(C)Cc1noc(Cc2ccc(C)cc2)n1. The highest BCUT2D eigenvalue weighted by atomic mass is 16.5. The maximum atomic E-state index is 5.26. The highest BCUT2D eigenvalue weighted by molar-refractivity contribution is 5.23. The fourth-order valence-electron chi connectivity index (χ4n) is 1.70. The van der Waals surface area contributed by atoms with Gasteiger partial charge in [-0.15, -0.1) is 0 Å². The second-order valence-corrected chi connectivity index (χ2v) is 4.66. The van der Waals surface area contributed by atoms with E-state index in [2.05, 4.69) is 53.6 Å². The van der Waals surface area contributed by atoms with Crippen LogP contribution in [0.5, 0.6) is 0 Å². The number of hydrogen-bond acceptors (Lipinski definition) is 4. The summed E-state index contributed by atoms with van der Waals surface area (Å²) in [6.45, 7) is 4.17. The molecular formula is C14H19N3O. The summed E-state index contributed by atoms with van der Waals surface area (Å²) in [5.74, 6) is 1.44. The first kappa shape index (κ1) is 12.8. The highest BCUT2D eigenvalue weighted by Gasteiger charge is 2.09. The molecule has 2 rings (SSSR count). The molecule has 18 heavy (non-hydrogen) atoms. The first-order valence-corrected chi connectivity index (χ1v) is 6.21. The Morgan fingerprint density at radius 2 is 2.00 bits per heavy atom. The summed E-state index contributed by atoms with van der Waals surface area (Å²) < 4.78 is 5.26. The minimum atomic E-state index is 0.356. The van der Waals surface area contributed by atoms with Crippen LogP contribution in [0, 0.1) is 6.92 Å². The van der Waals surface area contributed by atoms with Crippen molar-refractivity contribution in [1.29, 1.82) is 0 Å². The zero-order valence-electron chi connectivity index (χ0n) is 11.1. The van der Waals surface area contributed by atoms with Gasteiger partial charge in [0.1, 0.15) is 0 Å². The molecule has 1 N–H and O–H groups in total. The van der Waals surface area contributed by atoms with Gasteiger partial charge >= 0.3 is 0 Å². The zero-order valence-corrected chi connectivity index (χ0v) is 11.1. The number of nitrogens with zero attached hydrogens (tertiary/aromatic N) is 2. The van der Waals surface area contributed by atoms with E-state index in [0.717, 1.165) is 12.2 Å². The van der Waals surface area contributed by atoms with Crippen LogP contribution in [0.3, 0.4) is 0 Å². The second-order valence-electron chi connectivity index (χ2n) is 4.66. The molecule has 0 radical (unpaired) electrons. The van der Waals surface area contributed by atoms with E-state index in [-0.39, 0.29) is 0 Å². The van der Waals surface area contributed by atoms with E-state index in [1.54, 1.807) is 0 Å². The van der Waals surface area contributed by atoms with Gasteiger partial charge < -0.3 is 9.84 Å². The van der Waals surface area contributed by atoms with Gasteiger partial charge in [-0.25, -0.2) is 0 Å². The summed E-state index contributed by atoms with van der Waals surface area (Å²) in [6, 6.07) is 8.73. The third-order valence-corrected chi connectivity index (χ3v) is 2.97. The predicted octanol–water partition coefficient (Wildman–Crippen LogP) is 2.12. The summed E-state index contributed by atoms with van der Waals surface area (Å²) in [6.07, 6.45) is 1.48. The van der Waals surface area contributed by atoms with Crippen molar-refractivity contribution in [2.24, 2.45) is 0 Å². The van der Waals surface area contributed by atoms with Crippen molar-refractivity contribution < 1.29 is 4.52 Å². The van der Waals surface area contributed by atoms with Crippen LogP contribution in [-0.4, -0.2) is 23.2 Å². The monoisotopic (exact) mass is 245 g/mol. The van der Waals surface area contributed by atoms with Gasteiger partial charge in [0.2, 0.25) is 5.89 Å². The Balaban J connectivity index is 2.00. The quantitative estimate of drug-likeness (QED) is 0.876. The zero-order chi connectivity index (χ0) is 13.0. The van der Waals surface area contributed by atoms with Crippen LogP contribution in [0.15, 0.2) is 28.8 Å². The fourth-order valence-corrected chi connectivity index (χ4v) is 1.70. The smallest absolute Gasteiger partial charge is 0.231 e. The number of aryl methyl sites for hydroxylation is 1. The van der Waals surface area contributed by atoms with Crippen LogP contribution in [0.1, 0.15) is 29.8 Å². The minimum absolute atomic E-state index is 0.356. The van der Waals surface area contributed by atoms with Crippen LogP contribution in [0.4, 0.5) is 0 Å². The van der Waals surface area contributed by atoms with Gasteiger partial charge in [0, 0.05) is 12.5 Å². The Bertz CT molecular complexity index is 490. The van der Waals surface area contributed by atoms with E-state index >= 15 is 0 Å². The van der Waals surface area contributed by atoms with Gasteiger partial charge in [0.05, 0.1) is 6.42 Å². The van der Waals surface area contributed by atoms with Gasteiger partial charge in [-0.05, 0) is 26.5 Å². The maximum Gasteiger partial charge on any atom is 0.231 e. The largest absolute Gasteiger partial charge is 0.339 e. The third-order valence-electron chi connectivity index (χ3n) is 2.97. The first-order valence-electron chi connectivity index (χ1n) is 6.21. The van der Waals surface area contributed by atoms with Crippen molar-refractivity contribution in [3.05, 3.63) is 47.1 Å². The number of nitrogens with one attached hydrogen (secondary N) is 1. The molecule has 0 aliphatic heterocycles. The Morgan fingerprint density at radius 1 is 1.28 bits per heavy atom. The molecule has 1 heterocycles. The van der Waals surface area contributed by atoms with E-state index in [4.69, 9.17) is 4.52 Å². The standard InChI is InChI=1S/C14H19N3O/c1-10-4-6-12(7-5-10)9-14-16-13(17-18-14)8-11(2)15-3/h4-7,11,15H,8-9H2,1-3H3. The minimum Gasteiger partial charge on any atom is -0.339 e. The lowest BCUT2D eigenvalue weighted by atomic mass is 10.1. The Kier molecular flexibility index (Phi) is 4.10. The van der Waals surface area contributed by atoms with Crippen LogP contribution in [-0.2, 0) is 12.8 Å². The van der Waals surface area contributed by atoms with E-state index < -0.39 is 0 Å². The molecule has 0 saturated carbocycles. The molecule has 2 aromatic rings. The molecule has 0 spiro atoms. The maximum absolute atomic E-state index is 5.26. The topological polar surface area (TPSA) is 51.0 Å². The summed E-state index contributed by atoms with van der Waals surface area (Å²) in [5, 5.41) is 7.15. The predicted molar refractivity (Wildman–Crippen MR) is 70.5 cm³/mol. The summed E-state index contributed by atoms with van der Waals surface area (Å²) in [4.78, 5) is 4.40. The molecule has 4 heteroatoms. The summed E-state index contributed by atoms with van der Waals surface area (Å²) in [7, 11) is 1.93. The van der Waals surface area contributed by atoms with Gasteiger partial charge in [0.15, 0.2) is 5.82 Å². The number of likely N-dealkylation sites (N-methyl/N-ethyl adjacent to an activating group) is 1. The van der Waals surface area contributed by atoms with Gasteiger partial charge in [-0.1, -0.05) is 35.0 Å². The first-order chi connectivity index (χ1) is 8.67. The van der Waals surface area contributed by atoms with Gasteiger partial charge in [0.25, 0.3) is 0 Å². The van der Waals surface area contributed by atoms with Gasteiger partial charge in [-0.3, -0.25) is 0 Å². The molecule has 1 aromatic heterocycles. The summed E-state index contributed by atoms with van der Waals surface area (Å²) in [5.41, 5.74) is 2.45. The number of hydrogen-bond donors (Lipinski definition) is 1. The highest BCUT2D eigenvalue weighted by Crippen LogP contribution is 2.09. The van der Waals surface area contributed by atoms with Crippen LogP contribution in [0.2, 0.25) is 0 Å². The molecule has 1 atom stereocenters. The molecule has 4 nitrogen and oxygen atoms in total. The van der Waals surface area contributed by atoms with E-state index in [0.29, 0.717) is 18.4 Å². The van der Waals surface area contributed by atoms with E-state index in [1.165, 1.54) is 11.1 Å². The number of aromatic nitrogens is 2. The lowest BCUT2D eigenvalue weighted by Crippen LogP contribution is -2.24. The molecule has 0 amide bonds. The van der Waals surface area contributed by atoms with Crippen LogP contribution < -0.4 is 5.32 Å². The van der Waals surface area contributed by atoms with Crippen molar-refractivity contribution in [3.63, 3.8) is 0 Å². The second kappa shape index (κ2) is 5.78. The fraction of sp³-hybridized carbons (Fsp3) is 0.429. The van der Waals surface area contributed by atoms with Crippen LogP contribution >= 0.6 is 0 Å². The van der Waals surface area contributed by atoms with Crippen molar-refractivity contribution in [2.45, 2.75) is 32.7 Å². The Hall–Kier alpha value is -1.68. The average molecular weight is 245 g/mol. The molecule has 0 aliphatic carbocycles. The van der Waals surface area contributed by atoms with Crippen molar-refractivity contribution in [3.8, 4) is 0 Å². The van der Waals surface area contributed by atoms with Crippen LogP contribution in [0.25, 0.3) is 0 Å². The molecule has 1 aromatic carbocycles. The Morgan fingerprint density at radius 3 is 2.67 bits per heavy atom. The van der Waals surface area contributed by atoms with Crippen molar-refractivity contribution in [1.82, 2.24) is 15.5 Å². The Labute approximate surface area is 107 Å².